The van der Waals surface area contributed by atoms with Gasteiger partial charge in [0.05, 0.1) is 12.7 Å². The van der Waals surface area contributed by atoms with Gasteiger partial charge in [0.15, 0.2) is 0 Å². The van der Waals surface area contributed by atoms with Gasteiger partial charge in [0.1, 0.15) is 12.0 Å². The summed E-state index contributed by atoms with van der Waals surface area (Å²) in [5.41, 5.74) is 0.511. The predicted octanol–water partition coefficient (Wildman–Crippen LogP) is 1.87. The Labute approximate surface area is 148 Å². The molecule has 1 aromatic carbocycles. The van der Waals surface area contributed by atoms with Crippen LogP contribution in [0, 0.1) is 5.92 Å². The molecule has 6 nitrogen and oxygen atoms in total. The molecule has 0 spiro atoms. The first kappa shape index (κ1) is 19.4. The summed E-state index contributed by atoms with van der Waals surface area (Å²) in [6, 6.07) is 9.36. The summed E-state index contributed by atoms with van der Waals surface area (Å²) in [5, 5.41) is 7.57. The molecule has 2 aliphatic rings. The zero-order chi connectivity index (χ0) is 18.4. The fraction of sp³-hybridized carbons (Fsp3) is 0.579. The largest absolute Gasteiger partial charge is 0.469 e. The number of aliphatic hydroxyl groups excluding tert-OH is 1. The van der Waals surface area contributed by atoms with Gasteiger partial charge in [-0.1, -0.05) is 18.2 Å². The summed E-state index contributed by atoms with van der Waals surface area (Å²) in [6.07, 6.45) is 2.26. The van der Waals surface area contributed by atoms with Gasteiger partial charge in [0.25, 0.3) is 0 Å². The van der Waals surface area contributed by atoms with Crippen LogP contribution in [0.5, 0.6) is 0 Å². The number of nitrogens with zero attached hydrogens (tertiary/aromatic N) is 1. The molecule has 25 heavy (non-hydrogen) atoms. The Kier molecular flexibility index (Phi) is 6.96. The number of esters is 2. The van der Waals surface area contributed by atoms with Crippen LogP contribution in [0.2, 0.25) is 0 Å². The predicted molar refractivity (Wildman–Crippen MR) is 93.1 cm³/mol. The van der Waals surface area contributed by atoms with Gasteiger partial charge in [0, 0.05) is 25.1 Å². The molecule has 6 heteroatoms. The lowest BCUT2D eigenvalue weighted by Crippen LogP contribution is -2.53. The maximum Gasteiger partial charge on any atom is 0.338 e. The third-order valence-corrected chi connectivity index (χ3v) is 4.96. The van der Waals surface area contributed by atoms with E-state index in [1.807, 2.05) is 13.1 Å². The summed E-state index contributed by atoms with van der Waals surface area (Å²) >= 11 is 0. The van der Waals surface area contributed by atoms with E-state index >= 15 is 0 Å². The molecule has 4 atom stereocenters. The average molecular weight is 349 g/mol. The smallest absolute Gasteiger partial charge is 0.338 e. The molecule has 2 unspecified atom stereocenters. The Hall–Kier alpha value is -1.92. The van der Waals surface area contributed by atoms with Crippen molar-refractivity contribution in [3.63, 3.8) is 0 Å². The number of hydrogen-bond acceptors (Lipinski definition) is 6. The van der Waals surface area contributed by atoms with E-state index < -0.39 is 12.0 Å². The lowest BCUT2D eigenvalue weighted by Gasteiger charge is -2.40. The lowest BCUT2D eigenvalue weighted by molar-refractivity contribution is -0.156. The van der Waals surface area contributed by atoms with Crippen molar-refractivity contribution in [2.75, 3.05) is 20.8 Å². The van der Waals surface area contributed by atoms with Crippen molar-refractivity contribution < 1.29 is 24.2 Å². The Morgan fingerprint density at radius 2 is 1.88 bits per heavy atom. The van der Waals surface area contributed by atoms with Gasteiger partial charge in [-0.05, 0) is 38.9 Å². The minimum absolute atomic E-state index is 0.0970. The van der Waals surface area contributed by atoms with Crippen LogP contribution in [0.3, 0.4) is 0 Å². The Morgan fingerprint density at radius 3 is 2.48 bits per heavy atom. The maximum atomic E-state index is 12.3. The lowest BCUT2D eigenvalue weighted by atomic mass is 9.87. The number of rotatable bonds is 3. The molecule has 0 radical (unpaired) electrons. The van der Waals surface area contributed by atoms with E-state index in [1.54, 1.807) is 31.2 Å². The van der Waals surface area contributed by atoms with Crippen molar-refractivity contribution in [3.05, 3.63) is 35.9 Å². The van der Waals surface area contributed by atoms with E-state index in [4.69, 9.17) is 14.6 Å². The minimum atomic E-state index is -0.408. The van der Waals surface area contributed by atoms with Crippen LogP contribution in [0.1, 0.15) is 36.5 Å². The Morgan fingerprint density at radius 1 is 1.24 bits per heavy atom. The fourth-order valence-electron chi connectivity index (χ4n) is 3.77. The summed E-state index contributed by atoms with van der Waals surface area (Å²) in [4.78, 5) is 26.7. The molecule has 1 aromatic rings. The molecule has 1 N–H and O–H groups in total. The highest BCUT2D eigenvalue weighted by molar-refractivity contribution is 5.89. The average Bonchev–Trinajstić information content (AvgIpc) is 2.86. The number of aliphatic hydroxyl groups is 1. The second kappa shape index (κ2) is 8.97. The third-order valence-electron chi connectivity index (χ3n) is 4.96. The number of hydrogen-bond donors (Lipinski definition) is 1. The summed E-state index contributed by atoms with van der Waals surface area (Å²) in [5.74, 6) is -1.06. The number of ether oxygens (including phenoxy) is 2. The van der Waals surface area contributed by atoms with E-state index in [0.29, 0.717) is 18.0 Å². The second-order valence-electron chi connectivity index (χ2n) is 6.37. The number of methoxy groups -OCH3 is 1. The molecule has 0 aromatic heterocycles. The maximum absolute atomic E-state index is 12.3. The van der Waals surface area contributed by atoms with Gasteiger partial charge in [-0.3, -0.25) is 9.69 Å². The van der Waals surface area contributed by atoms with E-state index in [-0.39, 0.29) is 24.6 Å². The van der Waals surface area contributed by atoms with Crippen LogP contribution in [-0.2, 0) is 14.3 Å². The van der Waals surface area contributed by atoms with Crippen LogP contribution in [0.4, 0.5) is 0 Å². The molecule has 2 heterocycles. The Bertz CT molecular complexity index is 576. The number of carbonyl (C=O) groups is 2. The highest BCUT2D eigenvalue weighted by atomic mass is 16.6. The van der Waals surface area contributed by atoms with Crippen LogP contribution >= 0.6 is 0 Å². The van der Waals surface area contributed by atoms with Crippen LogP contribution in [0.15, 0.2) is 30.3 Å². The monoisotopic (exact) mass is 349 g/mol. The number of carbonyl (C=O) groups excluding carboxylic acids is 2. The van der Waals surface area contributed by atoms with Gasteiger partial charge in [-0.25, -0.2) is 4.79 Å². The van der Waals surface area contributed by atoms with Crippen molar-refractivity contribution >= 4 is 11.9 Å². The molecule has 2 bridgehead atoms. The van der Waals surface area contributed by atoms with Crippen molar-refractivity contribution in [1.82, 2.24) is 4.90 Å². The first-order valence-corrected chi connectivity index (χ1v) is 8.70. The van der Waals surface area contributed by atoms with Gasteiger partial charge >= 0.3 is 11.9 Å². The minimum Gasteiger partial charge on any atom is -0.469 e. The summed E-state index contributed by atoms with van der Waals surface area (Å²) in [6.45, 7) is 1.93. The molecule has 2 saturated heterocycles. The fourth-order valence-corrected chi connectivity index (χ4v) is 3.77. The SMILES string of the molecule is CCO.COC(=O)[C@@H]1C2CCC(C[C@@H]1OC(=O)c1ccccc1)N2C. The van der Waals surface area contributed by atoms with Gasteiger partial charge in [-0.15, -0.1) is 0 Å². The molecule has 0 aliphatic carbocycles. The van der Waals surface area contributed by atoms with Crippen LogP contribution < -0.4 is 0 Å². The molecular weight excluding hydrogens is 322 g/mol. The number of benzene rings is 1. The van der Waals surface area contributed by atoms with E-state index in [1.165, 1.54) is 7.11 Å². The molecule has 138 valence electrons. The van der Waals surface area contributed by atoms with E-state index in [2.05, 4.69) is 4.90 Å². The highest BCUT2D eigenvalue weighted by Gasteiger charge is 2.50. The van der Waals surface area contributed by atoms with Crippen molar-refractivity contribution in [3.8, 4) is 0 Å². The normalized spacial score (nSPS) is 27.8. The summed E-state index contributed by atoms with van der Waals surface area (Å²) in [7, 11) is 3.42. The highest BCUT2D eigenvalue weighted by Crippen LogP contribution is 2.40. The summed E-state index contributed by atoms with van der Waals surface area (Å²) < 4.78 is 10.6. The zero-order valence-corrected chi connectivity index (χ0v) is 15.1. The second-order valence-corrected chi connectivity index (χ2v) is 6.37. The standard InChI is InChI=1S/C17H21NO4.C2H6O/c1-18-12-8-9-13(18)15(17(20)21-2)14(10-12)22-16(19)11-6-4-3-5-7-11;1-2-3/h3-7,12-15H,8-10H2,1-2H3;3H,2H2,1H3/t12?,13?,14-,15+;/m0./s1. The number of piperidine rings is 1. The van der Waals surface area contributed by atoms with Gasteiger partial charge in [-0.2, -0.15) is 0 Å². The molecule has 3 rings (SSSR count). The zero-order valence-electron chi connectivity index (χ0n) is 15.1. The van der Waals surface area contributed by atoms with E-state index in [0.717, 1.165) is 12.8 Å². The van der Waals surface area contributed by atoms with E-state index in [9.17, 15) is 9.59 Å². The molecular formula is C19H27NO5. The Balaban J connectivity index is 0.000000701. The third kappa shape index (κ3) is 4.38. The first-order chi connectivity index (χ1) is 12.0. The molecule has 2 aliphatic heterocycles. The number of fused-ring (bicyclic) bond motifs is 2. The quantitative estimate of drug-likeness (QED) is 0.840. The van der Waals surface area contributed by atoms with Gasteiger partial charge in [0.2, 0.25) is 0 Å². The topological polar surface area (TPSA) is 76.1 Å². The van der Waals surface area contributed by atoms with Crippen molar-refractivity contribution in [2.45, 2.75) is 44.4 Å². The molecule has 0 saturated carbocycles. The first-order valence-electron chi connectivity index (χ1n) is 8.70. The van der Waals surface area contributed by atoms with Crippen LogP contribution in [0.25, 0.3) is 0 Å². The van der Waals surface area contributed by atoms with Crippen molar-refractivity contribution in [1.29, 1.82) is 0 Å². The molecule has 2 fully saturated rings. The van der Waals surface area contributed by atoms with Gasteiger partial charge < -0.3 is 14.6 Å². The molecule has 0 amide bonds. The van der Waals surface area contributed by atoms with Crippen molar-refractivity contribution in [2.24, 2.45) is 5.92 Å². The van der Waals surface area contributed by atoms with Crippen LogP contribution in [-0.4, -0.2) is 60.9 Å².